The van der Waals surface area contributed by atoms with Gasteiger partial charge in [0.1, 0.15) is 0 Å². The quantitative estimate of drug-likeness (QED) is 0.141. The number of nitrogens with zero attached hydrogens (tertiary/aromatic N) is 4. The van der Waals surface area contributed by atoms with E-state index in [1.165, 1.54) is 77.0 Å². The Balaban J connectivity index is 1.12. The van der Waals surface area contributed by atoms with Crippen molar-refractivity contribution < 1.29 is 0 Å². The highest BCUT2D eigenvalue weighted by Crippen LogP contribution is 2.52. The van der Waals surface area contributed by atoms with Crippen molar-refractivity contribution in [2.75, 3.05) is 32.7 Å². The third kappa shape index (κ3) is 6.91. The standard InChI is InChI=1S/C64H50N4/c1-3-25-51(26-4-1)67(53-33-31-45-17-7-9-21-49(45)41-53)55-35-37-57-59(43-55)63(65-39-15-23-47-19-11-13-29-61(47)65)58-38-36-56(44-60(58)64(57)66-40-16-24-48-20-12-14-30-62(48)66)68(52-27-5-2-6-28-52)54-34-32-46-18-8-10-22-50(46)42-54/h1-14,17-22,25-38,41-44H,15-16,23-24,39-40H2. The summed E-state index contributed by atoms with van der Waals surface area (Å²) in [6, 6.07) is 85.5. The van der Waals surface area contributed by atoms with Crippen LogP contribution in [0, 0.1) is 0 Å². The van der Waals surface area contributed by atoms with Crippen molar-refractivity contribution in [3.8, 4) is 0 Å². The SMILES string of the molecule is c1ccc(N(c2ccc3ccccc3c2)c2ccc3c(N4CCCc5ccccc54)c4cc(N(c5ccccc5)c5ccc6ccccc6c5)ccc4c(N4CCCc5ccccc54)c3c2)cc1. The van der Waals surface area contributed by atoms with Crippen LogP contribution in [-0.2, 0) is 12.8 Å². The highest BCUT2D eigenvalue weighted by atomic mass is 15.2. The Hall–Kier alpha value is -8.34. The molecule has 13 rings (SSSR count). The lowest BCUT2D eigenvalue weighted by molar-refractivity contribution is 0.768. The first-order valence-electron chi connectivity index (χ1n) is 24.2. The van der Waals surface area contributed by atoms with Crippen molar-refractivity contribution in [2.24, 2.45) is 0 Å². The van der Waals surface area contributed by atoms with E-state index in [-0.39, 0.29) is 0 Å². The second-order valence-corrected chi connectivity index (χ2v) is 18.3. The van der Waals surface area contributed by atoms with Crippen LogP contribution >= 0.6 is 0 Å². The zero-order chi connectivity index (χ0) is 45.0. The van der Waals surface area contributed by atoms with Crippen LogP contribution in [0.1, 0.15) is 24.0 Å². The summed E-state index contributed by atoms with van der Waals surface area (Å²) < 4.78 is 0. The Bertz CT molecular complexity index is 3430. The summed E-state index contributed by atoms with van der Waals surface area (Å²) in [7, 11) is 0. The van der Waals surface area contributed by atoms with E-state index < -0.39 is 0 Å². The molecule has 0 spiro atoms. The molecule has 2 aliphatic heterocycles. The summed E-state index contributed by atoms with van der Waals surface area (Å²) in [4.78, 5) is 10.2. The second-order valence-electron chi connectivity index (χ2n) is 18.3. The number of rotatable bonds is 8. The van der Waals surface area contributed by atoms with Gasteiger partial charge in [0, 0.05) is 80.1 Å². The predicted molar refractivity (Wildman–Crippen MR) is 289 cm³/mol. The molecule has 0 fully saturated rings. The van der Waals surface area contributed by atoms with Crippen LogP contribution in [0.3, 0.4) is 0 Å². The highest BCUT2D eigenvalue weighted by molar-refractivity contribution is 6.23. The van der Waals surface area contributed by atoms with Gasteiger partial charge >= 0.3 is 0 Å². The van der Waals surface area contributed by atoms with E-state index in [2.05, 4.69) is 250 Å². The normalized spacial score (nSPS) is 13.5. The third-order valence-corrected chi connectivity index (χ3v) is 14.3. The molecule has 2 aliphatic rings. The molecule has 4 heteroatoms. The first kappa shape index (κ1) is 40.0. The Morgan fingerprint density at radius 1 is 0.279 bits per heavy atom. The molecule has 0 bridgehead atoms. The van der Waals surface area contributed by atoms with Gasteiger partial charge in [-0.2, -0.15) is 0 Å². The first-order chi connectivity index (χ1) is 33.7. The third-order valence-electron chi connectivity index (χ3n) is 14.3. The van der Waals surface area contributed by atoms with E-state index in [0.29, 0.717) is 0 Å². The monoisotopic (exact) mass is 874 g/mol. The molecule has 4 nitrogen and oxygen atoms in total. The number of aryl methyl sites for hydroxylation is 2. The van der Waals surface area contributed by atoms with Crippen LogP contribution in [0.15, 0.2) is 231 Å². The van der Waals surface area contributed by atoms with E-state index >= 15 is 0 Å². The molecule has 0 radical (unpaired) electrons. The maximum absolute atomic E-state index is 2.64. The van der Waals surface area contributed by atoms with E-state index in [0.717, 1.165) is 72.9 Å². The average Bonchev–Trinajstić information content (AvgIpc) is 3.40. The molecule has 0 N–H and O–H groups in total. The number of hydrogen-bond acceptors (Lipinski definition) is 4. The summed E-state index contributed by atoms with van der Waals surface area (Å²) >= 11 is 0. The lowest BCUT2D eigenvalue weighted by Gasteiger charge is -2.37. The predicted octanol–water partition coefficient (Wildman–Crippen LogP) is 17.4. The van der Waals surface area contributed by atoms with Gasteiger partial charge in [0.25, 0.3) is 0 Å². The minimum Gasteiger partial charge on any atom is -0.340 e. The van der Waals surface area contributed by atoms with Crippen LogP contribution in [0.25, 0.3) is 43.1 Å². The van der Waals surface area contributed by atoms with Crippen LogP contribution in [-0.4, -0.2) is 13.1 Å². The van der Waals surface area contributed by atoms with Gasteiger partial charge in [-0.15, -0.1) is 0 Å². The second kappa shape index (κ2) is 16.8. The van der Waals surface area contributed by atoms with Crippen LogP contribution < -0.4 is 19.6 Å². The molecule has 68 heavy (non-hydrogen) atoms. The van der Waals surface area contributed by atoms with Crippen molar-refractivity contribution >= 4 is 100.0 Å². The molecule has 326 valence electrons. The van der Waals surface area contributed by atoms with E-state index in [9.17, 15) is 0 Å². The molecule has 0 aliphatic carbocycles. The van der Waals surface area contributed by atoms with Crippen molar-refractivity contribution in [3.63, 3.8) is 0 Å². The summed E-state index contributed by atoms with van der Waals surface area (Å²) in [5.74, 6) is 0. The summed E-state index contributed by atoms with van der Waals surface area (Å²) in [5, 5.41) is 9.89. The number of hydrogen-bond donors (Lipinski definition) is 0. The van der Waals surface area contributed by atoms with Gasteiger partial charge in [-0.3, -0.25) is 0 Å². The fourth-order valence-corrected chi connectivity index (χ4v) is 11.2. The lowest BCUT2D eigenvalue weighted by Crippen LogP contribution is -2.27. The molecule has 0 saturated heterocycles. The molecular weight excluding hydrogens is 825 g/mol. The van der Waals surface area contributed by atoms with Crippen molar-refractivity contribution in [1.82, 2.24) is 0 Å². The Labute approximate surface area is 398 Å². The summed E-state index contributed by atoms with van der Waals surface area (Å²) in [6.45, 7) is 1.86. The van der Waals surface area contributed by atoms with Crippen molar-refractivity contribution in [2.45, 2.75) is 25.7 Å². The van der Waals surface area contributed by atoms with E-state index in [4.69, 9.17) is 0 Å². The fourth-order valence-electron chi connectivity index (χ4n) is 11.2. The van der Waals surface area contributed by atoms with Gasteiger partial charge in [0.05, 0.1) is 11.4 Å². The topological polar surface area (TPSA) is 13.0 Å². The fraction of sp³-hybridized carbons (Fsp3) is 0.0938. The summed E-state index contributed by atoms with van der Waals surface area (Å²) in [6.07, 6.45) is 4.30. The lowest BCUT2D eigenvalue weighted by atomic mass is 9.91. The molecular formula is C64H50N4. The van der Waals surface area contributed by atoms with Gasteiger partial charge in [-0.1, -0.05) is 146 Å². The number of para-hydroxylation sites is 4. The molecule has 0 unspecified atom stereocenters. The van der Waals surface area contributed by atoms with Gasteiger partial charge in [0.2, 0.25) is 0 Å². The first-order valence-corrected chi connectivity index (χ1v) is 24.2. The molecule has 0 atom stereocenters. The maximum Gasteiger partial charge on any atom is 0.0572 e. The minimum atomic E-state index is 0.930. The Kier molecular flexibility index (Phi) is 9.89. The van der Waals surface area contributed by atoms with Crippen molar-refractivity contribution in [1.29, 1.82) is 0 Å². The van der Waals surface area contributed by atoms with Gasteiger partial charge in [-0.25, -0.2) is 0 Å². The average molecular weight is 875 g/mol. The van der Waals surface area contributed by atoms with Crippen LogP contribution in [0.2, 0.25) is 0 Å². The number of anilines is 10. The van der Waals surface area contributed by atoms with Crippen LogP contribution in [0.4, 0.5) is 56.9 Å². The van der Waals surface area contributed by atoms with Gasteiger partial charge in [0.15, 0.2) is 0 Å². The molecule has 0 amide bonds. The molecule has 2 heterocycles. The van der Waals surface area contributed by atoms with E-state index in [1.807, 2.05) is 0 Å². The highest BCUT2D eigenvalue weighted by Gasteiger charge is 2.29. The maximum atomic E-state index is 2.64. The Morgan fingerprint density at radius 2 is 0.647 bits per heavy atom. The van der Waals surface area contributed by atoms with Crippen molar-refractivity contribution in [3.05, 3.63) is 242 Å². The summed E-state index contributed by atoms with van der Waals surface area (Å²) in [5.41, 5.74) is 14.7. The Morgan fingerprint density at radius 3 is 1.10 bits per heavy atom. The molecule has 11 aromatic carbocycles. The van der Waals surface area contributed by atoms with Gasteiger partial charge in [-0.05, 0) is 143 Å². The zero-order valence-corrected chi connectivity index (χ0v) is 38.0. The van der Waals surface area contributed by atoms with Crippen LogP contribution in [0.5, 0.6) is 0 Å². The molecule has 0 aromatic heterocycles. The minimum absolute atomic E-state index is 0.930. The number of fused-ring (bicyclic) bond motifs is 6. The smallest absolute Gasteiger partial charge is 0.0572 e. The van der Waals surface area contributed by atoms with E-state index in [1.54, 1.807) is 0 Å². The van der Waals surface area contributed by atoms with Gasteiger partial charge < -0.3 is 19.6 Å². The zero-order valence-electron chi connectivity index (χ0n) is 38.0. The largest absolute Gasteiger partial charge is 0.340 e. The molecule has 0 saturated carbocycles. The molecule has 11 aromatic rings. The number of benzene rings is 11.